The van der Waals surface area contributed by atoms with Crippen LogP contribution in [0.15, 0.2) is 103 Å². The van der Waals surface area contributed by atoms with E-state index in [1.54, 1.807) is 16.7 Å². The third-order valence-electron chi connectivity index (χ3n) is 5.85. The Morgan fingerprint density at radius 3 is 2.64 bits per heavy atom. The normalized spacial score (nSPS) is 12.4. The Morgan fingerprint density at radius 2 is 1.85 bits per heavy atom. The van der Waals surface area contributed by atoms with Gasteiger partial charge in [0, 0.05) is 29.8 Å². The van der Waals surface area contributed by atoms with Gasteiger partial charge in [0.25, 0.3) is 10.0 Å². The van der Waals surface area contributed by atoms with Gasteiger partial charge >= 0.3 is 0 Å². The Kier molecular flexibility index (Phi) is 7.84. The molecule has 0 aliphatic rings. The summed E-state index contributed by atoms with van der Waals surface area (Å²) in [6, 6.07) is 20.0. The molecule has 1 unspecified atom stereocenters. The molecule has 5 rings (SSSR count). The minimum Gasteiger partial charge on any atom is -0.375 e. The smallest absolute Gasteiger partial charge is 0.263 e. The zero-order valence-electron chi connectivity index (χ0n) is 20.9. The predicted molar refractivity (Wildman–Crippen MR) is 150 cm³/mol. The van der Waals surface area contributed by atoms with Crippen LogP contribution < -0.4 is 10.0 Å². The molecule has 0 fully saturated rings. The first-order valence-electron chi connectivity index (χ1n) is 12.1. The van der Waals surface area contributed by atoms with Crippen LogP contribution in [-0.2, 0) is 19.5 Å². The van der Waals surface area contributed by atoms with E-state index in [2.05, 4.69) is 26.6 Å². The van der Waals surface area contributed by atoms with Crippen molar-refractivity contribution in [3.8, 4) is 11.3 Å². The highest BCUT2D eigenvalue weighted by Gasteiger charge is 2.19. The van der Waals surface area contributed by atoms with Crippen LogP contribution >= 0.6 is 0 Å². The number of benzene rings is 3. The molecular formula is C28H27N5O5S. The van der Waals surface area contributed by atoms with Gasteiger partial charge in [-0.05, 0) is 41.1 Å². The molecule has 200 valence electrons. The van der Waals surface area contributed by atoms with Crippen LogP contribution in [0.5, 0.6) is 0 Å². The molecular weight excluding hydrogens is 518 g/mol. The summed E-state index contributed by atoms with van der Waals surface area (Å²) in [5.74, 6) is 0.106. The van der Waals surface area contributed by atoms with Crippen LogP contribution in [0, 0.1) is 0 Å². The average Bonchev–Trinajstić information content (AvgIpc) is 3.38. The lowest BCUT2D eigenvalue weighted by Gasteiger charge is -2.15. The maximum absolute atomic E-state index is 13.1. The van der Waals surface area contributed by atoms with Gasteiger partial charge in [-0.2, -0.15) is 0 Å². The second-order valence-electron chi connectivity index (χ2n) is 8.56. The number of nitrogens with zero attached hydrogens (tertiary/aromatic N) is 3. The maximum atomic E-state index is 13.1. The third-order valence-corrected chi connectivity index (χ3v) is 7.20. The summed E-state index contributed by atoms with van der Waals surface area (Å²) in [7, 11) is -3.97. The summed E-state index contributed by atoms with van der Waals surface area (Å²) in [6.07, 6.45) is 5.39. The van der Waals surface area contributed by atoms with Gasteiger partial charge in [-0.25, -0.2) is 18.4 Å². The number of hydrogen-bond donors (Lipinski definition) is 3. The van der Waals surface area contributed by atoms with E-state index in [9.17, 15) is 13.5 Å². The van der Waals surface area contributed by atoms with Crippen LogP contribution in [0.3, 0.4) is 0 Å². The quantitative estimate of drug-likeness (QED) is 0.121. The summed E-state index contributed by atoms with van der Waals surface area (Å²) in [6.45, 7) is 4.42. The molecule has 0 spiro atoms. The van der Waals surface area contributed by atoms with Gasteiger partial charge < -0.3 is 24.3 Å². The van der Waals surface area contributed by atoms with E-state index in [-0.39, 0.29) is 17.3 Å². The SMILES string of the molecule is C=CCOCCOC(O)Nc1ccc(S(=O)(=O)Nc2nccn3cc(-c4ccc5ccccc5c4)nc23)cc1. The van der Waals surface area contributed by atoms with Crippen molar-refractivity contribution in [3.63, 3.8) is 0 Å². The van der Waals surface area contributed by atoms with Crippen molar-refractivity contribution in [2.45, 2.75) is 11.3 Å². The summed E-state index contributed by atoms with van der Waals surface area (Å²) in [5, 5.41) is 14.9. The largest absolute Gasteiger partial charge is 0.375 e. The molecule has 0 saturated carbocycles. The number of fused-ring (bicyclic) bond motifs is 2. The standard InChI is InChI=1S/C28H27N5O5S/c1-2-15-37-16-17-38-28(34)30-23-9-11-24(12-10-23)39(35,36)32-26-27-31-25(19-33(27)14-13-29-26)22-8-7-20-5-3-4-6-21(20)18-22/h2-14,18-19,28,30,34H,1,15-17H2,(H,29,32). The first-order valence-corrected chi connectivity index (χ1v) is 13.6. The summed E-state index contributed by atoms with van der Waals surface area (Å²) >= 11 is 0. The number of aromatic nitrogens is 3. The zero-order valence-corrected chi connectivity index (χ0v) is 21.7. The Balaban J connectivity index is 1.29. The molecule has 3 aromatic carbocycles. The number of ether oxygens (including phenoxy) is 2. The molecule has 0 radical (unpaired) electrons. The fraction of sp³-hybridized carbons (Fsp3) is 0.143. The van der Waals surface area contributed by atoms with E-state index < -0.39 is 16.4 Å². The lowest BCUT2D eigenvalue weighted by atomic mass is 10.1. The van der Waals surface area contributed by atoms with Gasteiger partial charge in [0.2, 0.25) is 6.41 Å². The predicted octanol–water partition coefficient (Wildman–Crippen LogP) is 4.26. The van der Waals surface area contributed by atoms with Gasteiger partial charge in [0.1, 0.15) is 0 Å². The van der Waals surface area contributed by atoms with Crippen molar-refractivity contribution in [1.82, 2.24) is 14.4 Å². The molecule has 2 heterocycles. The van der Waals surface area contributed by atoms with Crippen molar-refractivity contribution in [2.75, 3.05) is 29.9 Å². The molecule has 0 bridgehead atoms. The van der Waals surface area contributed by atoms with E-state index in [0.717, 1.165) is 16.3 Å². The molecule has 39 heavy (non-hydrogen) atoms. The van der Waals surface area contributed by atoms with Crippen molar-refractivity contribution in [2.24, 2.45) is 0 Å². The number of imidazole rings is 1. The Morgan fingerprint density at radius 1 is 1.05 bits per heavy atom. The van der Waals surface area contributed by atoms with Gasteiger partial charge in [-0.1, -0.05) is 42.5 Å². The number of nitrogens with one attached hydrogen (secondary N) is 2. The topological polar surface area (TPSA) is 127 Å². The first-order chi connectivity index (χ1) is 18.9. The van der Waals surface area contributed by atoms with Gasteiger partial charge in [-0.15, -0.1) is 6.58 Å². The highest BCUT2D eigenvalue weighted by molar-refractivity contribution is 7.92. The Bertz CT molecular complexity index is 1700. The lowest BCUT2D eigenvalue weighted by Crippen LogP contribution is -2.24. The molecule has 2 aromatic heterocycles. The van der Waals surface area contributed by atoms with Gasteiger partial charge in [-0.3, -0.25) is 4.72 Å². The fourth-order valence-corrected chi connectivity index (χ4v) is 4.98. The first kappa shape index (κ1) is 26.3. The maximum Gasteiger partial charge on any atom is 0.263 e. The van der Waals surface area contributed by atoms with Crippen molar-refractivity contribution in [3.05, 3.63) is 98.0 Å². The summed E-state index contributed by atoms with van der Waals surface area (Å²) in [5.41, 5.74) is 2.45. The molecule has 0 aliphatic carbocycles. The molecule has 5 aromatic rings. The van der Waals surface area contributed by atoms with E-state index in [0.29, 0.717) is 30.2 Å². The molecule has 0 amide bonds. The second-order valence-corrected chi connectivity index (χ2v) is 10.2. The van der Waals surface area contributed by atoms with E-state index in [1.807, 2.05) is 48.7 Å². The molecule has 3 N–H and O–H groups in total. The number of sulfonamides is 1. The monoisotopic (exact) mass is 545 g/mol. The number of aliphatic hydroxyl groups is 1. The van der Waals surface area contributed by atoms with Crippen molar-refractivity contribution >= 4 is 37.9 Å². The number of hydrogen-bond acceptors (Lipinski definition) is 8. The van der Waals surface area contributed by atoms with Crippen LogP contribution in [0.2, 0.25) is 0 Å². The number of aliphatic hydroxyl groups excluding tert-OH is 1. The van der Waals surface area contributed by atoms with E-state index >= 15 is 0 Å². The van der Waals surface area contributed by atoms with Crippen LogP contribution in [0.4, 0.5) is 11.5 Å². The lowest BCUT2D eigenvalue weighted by molar-refractivity contribution is -0.0917. The minimum atomic E-state index is -3.97. The van der Waals surface area contributed by atoms with Crippen LogP contribution in [0.1, 0.15) is 0 Å². The van der Waals surface area contributed by atoms with Gasteiger partial charge in [0.15, 0.2) is 11.5 Å². The second kappa shape index (κ2) is 11.6. The average molecular weight is 546 g/mol. The summed E-state index contributed by atoms with van der Waals surface area (Å²) < 4.78 is 40.9. The van der Waals surface area contributed by atoms with Crippen LogP contribution in [-0.4, -0.2) is 54.1 Å². The number of rotatable bonds is 12. The molecule has 11 heteroatoms. The number of anilines is 2. The summed E-state index contributed by atoms with van der Waals surface area (Å²) in [4.78, 5) is 8.91. The highest BCUT2D eigenvalue weighted by Crippen LogP contribution is 2.26. The molecule has 1 atom stereocenters. The highest BCUT2D eigenvalue weighted by atomic mass is 32.2. The van der Waals surface area contributed by atoms with Crippen molar-refractivity contribution in [1.29, 1.82) is 0 Å². The Hall–Kier alpha value is -4.29. The van der Waals surface area contributed by atoms with E-state index in [1.165, 1.54) is 30.5 Å². The van der Waals surface area contributed by atoms with Crippen molar-refractivity contribution < 1.29 is 23.0 Å². The van der Waals surface area contributed by atoms with Gasteiger partial charge in [0.05, 0.1) is 30.4 Å². The Labute approximate surface area is 225 Å². The molecule has 10 nitrogen and oxygen atoms in total. The third kappa shape index (κ3) is 6.24. The van der Waals surface area contributed by atoms with Crippen LogP contribution in [0.25, 0.3) is 27.7 Å². The molecule has 0 aliphatic heterocycles. The fourth-order valence-electron chi connectivity index (χ4n) is 3.97. The van der Waals surface area contributed by atoms with E-state index in [4.69, 9.17) is 9.47 Å². The minimum absolute atomic E-state index is 0.0198. The zero-order chi connectivity index (χ0) is 27.2. The molecule has 0 saturated heterocycles.